The molecule has 0 aliphatic rings. The summed E-state index contributed by atoms with van der Waals surface area (Å²) in [5, 5.41) is 18.4. The van der Waals surface area contributed by atoms with Crippen LogP contribution >= 0.6 is 0 Å². The molecule has 1 aromatic carbocycles. The summed E-state index contributed by atoms with van der Waals surface area (Å²) in [5.74, 6) is -0.755. The monoisotopic (exact) mass is 221 g/mol. The van der Waals surface area contributed by atoms with Gasteiger partial charge in [-0.05, 0) is 13.0 Å². The first-order valence-corrected chi connectivity index (χ1v) is 4.62. The summed E-state index contributed by atoms with van der Waals surface area (Å²) < 4.78 is 9.65. The molecule has 5 nitrogen and oxygen atoms in total. The van der Waals surface area contributed by atoms with Crippen molar-refractivity contribution in [3.63, 3.8) is 0 Å². The van der Waals surface area contributed by atoms with Gasteiger partial charge in [-0.2, -0.15) is 5.26 Å². The predicted molar refractivity (Wildman–Crippen MR) is 55.3 cm³/mol. The van der Waals surface area contributed by atoms with Gasteiger partial charge in [0.1, 0.15) is 23.1 Å². The van der Waals surface area contributed by atoms with Crippen LogP contribution in [0.3, 0.4) is 0 Å². The Morgan fingerprint density at radius 1 is 1.56 bits per heavy atom. The summed E-state index contributed by atoms with van der Waals surface area (Å²) >= 11 is 0. The Kier molecular flexibility index (Phi) is 3.72. The van der Waals surface area contributed by atoms with Crippen molar-refractivity contribution in [1.29, 1.82) is 5.26 Å². The van der Waals surface area contributed by atoms with E-state index in [2.05, 4.69) is 0 Å². The Morgan fingerprint density at radius 2 is 2.25 bits per heavy atom. The van der Waals surface area contributed by atoms with E-state index in [0.717, 1.165) is 0 Å². The lowest BCUT2D eigenvalue weighted by atomic mass is 10.1. The van der Waals surface area contributed by atoms with Gasteiger partial charge in [0, 0.05) is 6.07 Å². The van der Waals surface area contributed by atoms with Gasteiger partial charge >= 0.3 is 5.97 Å². The molecular formula is C11H11NO4. The number of carbonyl (C=O) groups excluding carboxylic acids is 1. The summed E-state index contributed by atoms with van der Waals surface area (Å²) in [6, 6.07) is 4.44. The fourth-order valence-electron chi connectivity index (χ4n) is 1.18. The van der Waals surface area contributed by atoms with Gasteiger partial charge in [-0.25, -0.2) is 4.79 Å². The van der Waals surface area contributed by atoms with E-state index in [1.807, 2.05) is 0 Å². The quantitative estimate of drug-likeness (QED) is 0.781. The summed E-state index contributed by atoms with van der Waals surface area (Å²) in [6.07, 6.45) is 0. The normalized spacial score (nSPS) is 9.31. The molecule has 1 aromatic rings. The Hall–Kier alpha value is -2.22. The second-order valence-electron chi connectivity index (χ2n) is 2.90. The highest BCUT2D eigenvalue weighted by Crippen LogP contribution is 2.28. The van der Waals surface area contributed by atoms with Gasteiger partial charge in [-0.15, -0.1) is 0 Å². The number of hydrogen-bond donors (Lipinski definition) is 1. The van der Waals surface area contributed by atoms with Gasteiger partial charge in [0.25, 0.3) is 0 Å². The molecule has 0 spiro atoms. The Bertz CT molecular complexity index is 448. The van der Waals surface area contributed by atoms with Crippen LogP contribution in [0.15, 0.2) is 12.1 Å². The Labute approximate surface area is 92.8 Å². The van der Waals surface area contributed by atoms with E-state index in [1.165, 1.54) is 19.2 Å². The highest BCUT2D eigenvalue weighted by atomic mass is 16.5. The first-order chi connectivity index (χ1) is 7.63. The first-order valence-electron chi connectivity index (χ1n) is 4.62. The number of esters is 1. The Morgan fingerprint density at radius 3 is 2.75 bits per heavy atom. The van der Waals surface area contributed by atoms with Crippen molar-refractivity contribution >= 4 is 5.97 Å². The van der Waals surface area contributed by atoms with Crippen molar-refractivity contribution in [3.8, 4) is 17.6 Å². The van der Waals surface area contributed by atoms with Crippen LogP contribution in [0.5, 0.6) is 11.5 Å². The van der Waals surface area contributed by atoms with Crippen molar-refractivity contribution in [2.75, 3.05) is 13.7 Å². The van der Waals surface area contributed by atoms with Crippen molar-refractivity contribution in [1.82, 2.24) is 0 Å². The molecule has 0 radical (unpaired) electrons. The molecule has 0 aliphatic heterocycles. The third kappa shape index (κ3) is 2.23. The number of carbonyl (C=O) groups is 1. The fraction of sp³-hybridized carbons (Fsp3) is 0.273. The van der Waals surface area contributed by atoms with Crippen LogP contribution < -0.4 is 4.74 Å². The fourth-order valence-corrected chi connectivity index (χ4v) is 1.18. The van der Waals surface area contributed by atoms with E-state index in [4.69, 9.17) is 14.7 Å². The van der Waals surface area contributed by atoms with Crippen LogP contribution in [0, 0.1) is 11.3 Å². The molecule has 5 heteroatoms. The summed E-state index contributed by atoms with van der Waals surface area (Å²) in [7, 11) is 1.41. The molecule has 0 saturated heterocycles. The standard InChI is InChI=1S/C11H11NO4/c1-3-16-11(14)9-5-8(15-2)4-7(6-12)10(9)13/h4-5,13H,3H2,1-2H3. The smallest absolute Gasteiger partial charge is 0.342 e. The van der Waals surface area contributed by atoms with Crippen molar-refractivity contribution in [2.45, 2.75) is 6.92 Å². The summed E-state index contributed by atoms with van der Waals surface area (Å²) in [5.41, 5.74) is -0.0971. The topological polar surface area (TPSA) is 79.5 Å². The van der Waals surface area contributed by atoms with E-state index >= 15 is 0 Å². The molecule has 0 fully saturated rings. The minimum absolute atomic E-state index is 0.0256. The average Bonchev–Trinajstić information content (AvgIpc) is 2.29. The number of rotatable bonds is 3. The maximum absolute atomic E-state index is 11.5. The third-order valence-electron chi connectivity index (χ3n) is 1.93. The molecule has 0 heterocycles. The molecular weight excluding hydrogens is 210 g/mol. The lowest BCUT2D eigenvalue weighted by Crippen LogP contribution is -2.06. The van der Waals surface area contributed by atoms with E-state index < -0.39 is 5.97 Å². The van der Waals surface area contributed by atoms with E-state index in [0.29, 0.717) is 5.75 Å². The van der Waals surface area contributed by atoms with Crippen molar-refractivity contribution in [2.24, 2.45) is 0 Å². The molecule has 0 saturated carbocycles. The number of benzene rings is 1. The minimum atomic E-state index is -0.685. The van der Waals surface area contributed by atoms with E-state index in [9.17, 15) is 9.90 Å². The summed E-state index contributed by atoms with van der Waals surface area (Å²) in [4.78, 5) is 11.5. The molecule has 0 aliphatic carbocycles. The maximum Gasteiger partial charge on any atom is 0.342 e. The van der Waals surface area contributed by atoms with Crippen LogP contribution in [0.25, 0.3) is 0 Å². The van der Waals surface area contributed by atoms with Gasteiger partial charge in [0.15, 0.2) is 0 Å². The van der Waals surface area contributed by atoms with E-state index in [1.54, 1.807) is 13.0 Å². The lowest BCUT2D eigenvalue weighted by molar-refractivity contribution is 0.0522. The second kappa shape index (κ2) is 5.03. The van der Waals surface area contributed by atoms with Crippen LogP contribution in [-0.4, -0.2) is 24.8 Å². The lowest BCUT2D eigenvalue weighted by Gasteiger charge is -2.08. The van der Waals surface area contributed by atoms with Crippen LogP contribution in [0.1, 0.15) is 22.8 Å². The molecule has 1 rings (SSSR count). The van der Waals surface area contributed by atoms with Crippen LogP contribution in [0.2, 0.25) is 0 Å². The second-order valence-corrected chi connectivity index (χ2v) is 2.90. The zero-order chi connectivity index (χ0) is 12.1. The molecule has 16 heavy (non-hydrogen) atoms. The highest BCUT2D eigenvalue weighted by molar-refractivity contribution is 5.93. The van der Waals surface area contributed by atoms with Crippen molar-refractivity contribution < 1.29 is 19.4 Å². The molecule has 0 amide bonds. The number of nitriles is 1. The van der Waals surface area contributed by atoms with Gasteiger partial charge in [-0.3, -0.25) is 0 Å². The third-order valence-corrected chi connectivity index (χ3v) is 1.93. The number of phenols is 1. The van der Waals surface area contributed by atoms with Crippen LogP contribution in [0.4, 0.5) is 0 Å². The number of hydrogen-bond acceptors (Lipinski definition) is 5. The summed E-state index contributed by atoms with van der Waals surface area (Å²) in [6.45, 7) is 1.84. The highest BCUT2D eigenvalue weighted by Gasteiger charge is 2.17. The number of ether oxygens (including phenoxy) is 2. The van der Waals surface area contributed by atoms with Crippen molar-refractivity contribution in [3.05, 3.63) is 23.3 Å². The number of aromatic hydroxyl groups is 1. The minimum Gasteiger partial charge on any atom is -0.506 e. The zero-order valence-corrected chi connectivity index (χ0v) is 8.98. The number of phenolic OH excluding ortho intramolecular Hbond substituents is 1. The molecule has 0 bridgehead atoms. The average molecular weight is 221 g/mol. The molecule has 84 valence electrons. The van der Waals surface area contributed by atoms with Crippen LogP contribution in [-0.2, 0) is 4.74 Å². The van der Waals surface area contributed by atoms with E-state index in [-0.39, 0.29) is 23.5 Å². The maximum atomic E-state index is 11.5. The van der Waals surface area contributed by atoms with Gasteiger partial charge in [0.2, 0.25) is 0 Å². The van der Waals surface area contributed by atoms with Gasteiger partial charge < -0.3 is 14.6 Å². The molecule has 0 atom stereocenters. The number of nitrogens with zero attached hydrogens (tertiary/aromatic N) is 1. The zero-order valence-electron chi connectivity index (χ0n) is 8.98. The molecule has 1 N–H and O–H groups in total. The largest absolute Gasteiger partial charge is 0.506 e. The van der Waals surface area contributed by atoms with Gasteiger partial charge in [-0.1, -0.05) is 0 Å². The molecule has 0 aromatic heterocycles. The molecule has 0 unspecified atom stereocenters. The first kappa shape index (κ1) is 11.9. The predicted octanol–water partition coefficient (Wildman–Crippen LogP) is 1.45. The number of methoxy groups -OCH3 is 1. The van der Waals surface area contributed by atoms with Gasteiger partial charge in [0.05, 0.1) is 19.3 Å². The Balaban J connectivity index is 3.27. The SMILES string of the molecule is CCOC(=O)c1cc(OC)cc(C#N)c1O.